The Balaban J connectivity index is 1.59. The molecule has 0 aliphatic heterocycles. The number of ether oxygens (including phenoxy) is 1. The lowest BCUT2D eigenvalue weighted by molar-refractivity contribution is 0.0923. The lowest BCUT2D eigenvalue weighted by Crippen LogP contribution is -2.36. The summed E-state index contributed by atoms with van der Waals surface area (Å²) in [6.07, 6.45) is 5.83. The van der Waals surface area contributed by atoms with Crippen LogP contribution >= 0.6 is 11.3 Å². The van der Waals surface area contributed by atoms with Crippen molar-refractivity contribution in [3.8, 4) is 5.75 Å². The predicted molar refractivity (Wildman–Crippen MR) is 92.7 cm³/mol. The zero-order chi connectivity index (χ0) is 16.1. The van der Waals surface area contributed by atoms with Crippen LogP contribution < -0.4 is 15.4 Å². The van der Waals surface area contributed by atoms with Gasteiger partial charge in [-0.3, -0.25) is 4.79 Å². The number of aromatic nitrogens is 1. The van der Waals surface area contributed by atoms with Crippen LogP contribution in [-0.4, -0.2) is 24.0 Å². The largest absolute Gasteiger partial charge is 0.497 e. The molecule has 6 heteroatoms. The van der Waals surface area contributed by atoms with Crippen molar-refractivity contribution in [2.75, 3.05) is 12.4 Å². The van der Waals surface area contributed by atoms with Crippen molar-refractivity contribution in [2.24, 2.45) is 0 Å². The van der Waals surface area contributed by atoms with Crippen LogP contribution in [0.15, 0.2) is 29.6 Å². The molecule has 1 aromatic heterocycles. The normalized spacial score (nSPS) is 15.2. The number of anilines is 2. The molecule has 1 aliphatic rings. The first-order chi connectivity index (χ1) is 11.2. The number of methoxy groups -OCH3 is 1. The van der Waals surface area contributed by atoms with E-state index in [1.807, 2.05) is 24.3 Å². The van der Waals surface area contributed by atoms with E-state index in [2.05, 4.69) is 15.6 Å². The summed E-state index contributed by atoms with van der Waals surface area (Å²) in [6.45, 7) is 0. The molecule has 1 fully saturated rings. The molecule has 2 N–H and O–H groups in total. The summed E-state index contributed by atoms with van der Waals surface area (Å²) >= 11 is 1.43. The molecule has 2 aromatic rings. The van der Waals surface area contributed by atoms with Gasteiger partial charge in [0.15, 0.2) is 5.13 Å². The van der Waals surface area contributed by atoms with Crippen molar-refractivity contribution >= 4 is 28.1 Å². The number of carbonyl (C=O) groups is 1. The van der Waals surface area contributed by atoms with Gasteiger partial charge in [-0.05, 0) is 37.1 Å². The van der Waals surface area contributed by atoms with Gasteiger partial charge in [0.2, 0.25) is 0 Å². The summed E-state index contributed by atoms with van der Waals surface area (Å²) in [5.74, 6) is 0.734. The summed E-state index contributed by atoms with van der Waals surface area (Å²) in [7, 11) is 1.64. The van der Waals surface area contributed by atoms with Crippen molar-refractivity contribution in [1.82, 2.24) is 10.3 Å². The first kappa shape index (κ1) is 15.8. The Bertz CT molecular complexity index is 648. The minimum atomic E-state index is -0.0732. The first-order valence-electron chi connectivity index (χ1n) is 7.92. The molecule has 1 saturated carbocycles. The monoisotopic (exact) mass is 331 g/mol. The Morgan fingerprint density at radius 1 is 1.22 bits per heavy atom. The highest BCUT2D eigenvalue weighted by Gasteiger charge is 2.18. The van der Waals surface area contributed by atoms with Crippen LogP contribution in [0.4, 0.5) is 10.8 Å². The van der Waals surface area contributed by atoms with Crippen molar-refractivity contribution in [1.29, 1.82) is 0 Å². The van der Waals surface area contributed by atoms with Crippen LogP contribution in [0.2, 0.25) is 0 Å². The second-order valence-corrected chi connectivity index (χ2v) is 6.56. The number of hydrogen-bond donors (Lipinski definition) is 2. The molecule has 0 saturated heterocycles. The van der Waals surface area contributed by atoms with Crippen LogP contribution in [0.5, 0.6) is 5.75 Å². The highest BCUT2D eigenvalue weighted by Crippen LogP contribution is 2.23. The minimum Gasteiger partial charge on any atom is -0.497 e. The Morgan fingerprint density at radius 2 is 1.96 bits per heavy atom. The third-order valence-electron chi connectivity index (χ3n) is 4.02. The minimum absolute atomic E-state index is 0.0732. The zero-order valence-electron chi connectivity index (χ0n) is 13.2. The number of nitrogens with zero attached hydrogens (tertiary/aromatic N) is 1. The molecule has 23 heavy (non-hydrogen) atoms. The number of nitrogens with one attached hydrogen (secondary N) is 2. The Labute approximate surface area is 140 Å². The lowest BCUT2D eigenvalue weighted by Gasteiger charge is -2.22. The third kappa shape index (κ3) is 4.22. The highest BCUT2D eigenvalue weighted by molar-refractivity contribution is 7.14. The number of hydrogen-bond acceptors (Lipinski definition) is 5. The number of rotatable bonds is 5. The molecule has 1 heterocycles. The van der Waals surface area contributed by atoms with E-state index < -0.39 is 0 Å². The van der Waals surface area contributed by atoms with Gasteiger partial charge in [-0.25, -0.2) is 4.98 Å². The highest BCUT2D eigenvalue weighted by atomic mass is 32.1. The van der Waals surface area contributed by atoms with Gasteiger partial charge in [-0.2, -0.15) is 0 Å². The zero-order valence-corrected chi connectivity index (χ0v) is 14.0. The van der Waals surface area contributed by atoms with Gasteiger partial charge in [0.05, 0.1) is 7.11 Å². The second kappa shape index (κ2) is 7.46. The SMILES string of the molecule is COc1ccc(Nc2nc(C(=O)NC3CCCCC3)cs2)cc1. The summed E-state index contributed by atoms with van der Waals surface area (Å²) in [4.78, 5) is 16.6. The molecule has 122 valence electrons. The molecule has 0 unspecified atom stereocenters. The van der Waals surface area contributed by atoms with Gasteiger partial charge in [-0.15, -0.1) is 11.3 Å². The average molecular weight is 331 g/mol. The molecule has 1 amide bonds. The summed E-state index contributed by atoms with van der Waals surface area (Å²) in [6, 6.07) is 7.90. The van der Waals surface area contributed by atoms with Gasteiger partial charge in [0.1, 0.15) is 11.4 Å². The van der Waals surface area contributed by atoms with E-state index in [4.69, 9.17) is 4.74 Å². The second-order valence-electron chi connectivity index (χ2n) is 5.70. The quantitative estimate of drug-likeness (QED) is 0.870. The number of carbonyl (C=O) groups excluding carboxylic acids is 1. The number of thiazole rings is 1. The number of amides is 1. The van der Waals surface area contributed by atoms with E-state index in [1.54, 1.807) is 12.5 Å². The van der Waals surface area contributed by atoms with E-state index >= 15 is 0 Å². The van der Waals surface area contributed by atoms with E-state index in [0.717, 1.165) is 24.3 Å². The van der Waals surface area contributed by atoms with Gasteiger partial charge >= 0.3 is 0 Å². The van der Waals surface area contributed by atoms with Crippen molar-refractivity contribution in [2.45, 2.75) is 38.1 Å². The molecule has 1 aromatic carbocycles. The molecule has 0 atom stereocenters. The molecule has 1 aliphatic carbocycles. The average Bonchev–Trinajstić information content (AvgIpc) is 3.05. The van der Waals surface area contributed by atoms with E-state index in [-0.39, 0.29) is 5.91 Å². The molecular formula is C17H21N3O2S. The van der Waals surface area contributed by atoms with Crippen molar-refractivity contribution < 1.29 is 9.53 Å². The standard InChI is InChI=1S/C17H21N3O2S/c1-22-14-9-7-13(8-10-14)19-17-20-15(11-23-17)16(21)18-12-5-3-2-4-6-12/h7-12H,2-6H2,1H3,(H,18,21)(H,19,20). The molecule has 0 spiro atoms. The Morgan fingerprint density at radius 3 is 2.65 bits per heavy atom. The Kier molecular flexibility index (Phi) is 5.12. The van der Waals surface area contributed by atoms with Gasteiger partial charge in [-0.1, -0.05) is 19.3 Å². The predicted octanol–water partition coefficient (Wildman–Crippen LogP) is 3.96. The van der Waals surface area contributed by atoms with Gasteiger partial charge in [0, 0.05) is 17.1 Å². The number of benzene rings is 1. The van der Waals surface area contributed by atoms with Crippen LogP contribution in [0, 0.1) is 0 Å². The summed E-state index contributed by atoms with van der Waals surface area (Å²) in [5.41, 5.74) is 1.40. The smallest absolute Gasteiger partial charge is 0.271 e. The fourth-order valence-electron chi connectivity index (χ4n) is 2.74. The van der Waals surface area contributed by atoms with E-state index in [9.17, 15) is 4.79 Å². The Hall–Kier alpha value is -2.08. The summed E-state index contributed by atoms with van der Waals surface area (Å²) < 4.78 is 5.13. The molecule has 0 bridgehead atoms. The summed E-state index contributed by atoms with van der Waals surface area (Å²) in [5, 5.41) is 8.80. The van der Waals surface area contributed by atoms with Crippen LogP contribution in [0.1, 0.15) is 42.6 Å². The first-order valence-corrected chi connectivity index (χ1v) is 8.80. The maximum absolute atomic E-state index is 12.3. The maximum Gasteiger partial charge on any atom is 0.271 e. The lowest BCUT2D eigenvalue weighted by atomic mass is 9.95. The van der Waals surface area contributed by atoms with Crippen LogP contribution in [0.3, 0.4) is 0 Å². The van der Waals surface area contributed by atoms with E-state index in [0.29, 0.717) is 16.9 Å². The third-order valence-corrected chi connectivity index (χ3v) is 4.78. The fourth-order valence-corrected chi connectivity index (χ4v) is 3.45. The molecule has 5 nitrogen and oxygen atoms in total. The van der Waals surface area contributed by atoms with Gasteiger partial charge < -0.3 is 15.4 Å². The van der Waals surface area contributed by atoms with Crippen molar-refractivity contribution in [3.63, 3.8) is 0 Å². The molecule has 3 rings (SSSR count). The maximum atomic E-state index is 12.3. The van der Waals surface area contributed by atoms with Gasteiger partial charge in [0.25, 0.3) is 5.91 Å². The van der Waals surface area contributed by atoms with Crippen molar-refractivity contribution in [3.05, 3.63) is 35.3 Å². The van der Waals surface area contributed by atoms with E-state index in [1.165, 1.54) is 30.6 Å². The van der Waals surface area contributed by atoms with Crippen LogP contribution in [-0.2, 0) is 0 Å². The topological polar surface area (TPSA) is 63.2 Å². The molecular weight excluding hydrogens is 310 g/mol. The fraction of sp³-hybridized carbons (Fsp3) is 0.412. The molecule has 0 radical (unpaired) electrons. The van der Waals surface area contributed by atoms with Crippen LogP contribution in [0.25, 0.3) is 0 Å².